The number of likely N-dealkylation sites (tertiary alicyclic amines) is 1. The van der Waals surface area contributed by atoms with Crippen molar-refractivity contribution in [2.75, 3.05) is 39.3 Å². The number of aliphatic imine (C=N–C) groups is 1. The van der Waals surface area contributed by atoms with Crippen LogP contribution in [0.5, 0.6) is 0 Å². The minimum atomic E-state index is 0. The van der Waals surface area contributed by atoms with Crippen LogP contribution in [-0.4, -0.2) is 55.1 Å². The van der Waals surface area contributed by atoms with Gasteiger partial charge in [-0.05, 0) is 46.2 Å². The van der Waals surface area contributed by atoms with Crippen LogP contribution in [0.15, 0.2) is 10.4 Å². The largest absolute Gasteiger partial charge is 0.357 e. The number of halogens is 1. The van der Waals surface area contributed by atoms with Crippen LogP contribution in [0.1, 0.15) is 43.3 Å². The molecule has 0 saturated carbocycles. The quantitative estimate of drug-likeness (QED) is 0.268. The first-order chi connectivity index (χ1) is 11.3. The molecule has 5 nitrogen and oxygen atoms in total. The van der Waals surface area contributed by atoms with Gasteiger partial charge in [-0.25, -0.2) is 4.98 Å². The van der Waals surface area contributed by atoms with E-state index in [0.29, 0.717) is 0 Å². The number of aromatic nitrogens is 1. The summed E-state index contributed by atoms with van der Waals surface area (Å²) >= 11 is 1.75. The zero-order valence-corrected chi connectivity index (χ0v) is 18.2. The van der Waals surface area contributed by atoms with Crippen molar-refractivity contribution in [1.82, 2.24) is 20.5 Å². The van der Waals surface area contributed by atoms with Crippen LogP contribution in [0.2, 0.25) is 0 Å². The van der Waals surface area contributed by atoms with Crippen LogP contribution >= 0.6 is 35.3 Å². The van der Waals surface area contributed by atoms with Gasteiger partial charge in [0.1, 0.15) is 0 Å². The first kappa shape index (κ1) is 21.6. The molecule has 24 heavy (non-hydrogen) atoms. The fraction of sp³-hybridized carbons (Fsp3) is 0.765. The summed E-state index contributed by atoms with van der Waals surface area (Å²) in [7, 11) is 0. The van der Waals surface area contributed by atoms with Gasteiger partial charge in [-0.3, -0.25) is 4.99 Å². The second-order valence-electron chi connectivity index (χ2n) is 6.08. The zero-order chi connectivity index (χ0) is 16.3. The van der Waals surface area contributed by atoms with Crippen molar-refractivity contribution in [3.63, 3.8) is 0 Å². The monoisotopic (exact) mass is 465 g/mol. The van der Waals surface area contributed by atoms with Gasteiger partial charge < -0.3 is 15.5 Å². The molecule has 1 fully saturated rings. The molecule has 1 aliphatic rings. The lowest BCUT2D eigenvalue weighted by Crippen LogP contribution is -2.42. The van der Waals surface area contributed by atoms with Crippen molar-refractivity contribution in [3.8, 4) is 0 Å². The smallest absolute Gasteiger partial charge is 0.191 e. The second-order valence-corrected chi connectivity index (χ2v) is 7.02. The van der Waals surface area contributed by atoms with E-state index in [1.807, 2.05) is 6.92 Å². The molecule has 2 N–H and O–H groups in total. The van der Waals surface area contributed by atoms with Gasteiger partial charge in [-0.2, -0.15) is 0 Å². The first-order valence-corrected chi connectivity index (χ1v) is 9.81. The highest BCUT2D eigenvalue weighted by Gasteiger charge is 2.09. The number of hydrogen-bond acceptors (Lipinski definition) is 4. The van der Waals surface area contributed by atoms with Crippen LogP contribution in [0.4, 0.5) is 0 Å². The Morgan fingerprint density at radius 1 is 1.29 bits per heavy atom. The SMILES string of the molecule is CCNC(=NCCCc1nc(C)cs1)NCCN1CCCCC1.I. The molecule has 0 unspecified atom stereocenters. The molecule has 0 spiro atoms. The molecule has 0 aliphatic carbocycles. The maximum atomic E-state index is 4.67. The first-order valence-electron chi connectivity index (χ1n) is 8.93. The summed E-state index contributed by atoms with van der Waals surface area (Å²) in [6.07, 6.45) is 6.17. The third-order valence-electron chi connectivity index (χ3n) is 4.00. The Hall–Kier alpha value is -0.410. The molecular formula is C17H32IN5S. The third-order valence-corrected chi connectivity index (χ3v) is 5.03. The molecule has 0 bridgehead atoms. The van der Waals surface area contributed by atoms with Crippen molar-refractivity contribution >= 4 is 41.3 Å². The predicted molar refractivity (Wildman–Crippen MR) is 115 cm³/mol. The van der Waals surface area contributed by atoms with E-state index in [1.54, 1.807) is 11.3 Å². The molecule has 1 aromatic rings. The number of rotatable bonds is 8. The van der Waals surface area contributed by atoms with E-state index in [1.165, 1.54) is 37.4 Å². The fourth-order valence-corrected chi connectivity index (χ4v) is 3.61. The van der Waals surface area contributed by atoms with E-state index in [2.05, 4.69) is 37.8 Å². The Kier molecular flexibility index (Phi) is 11.6. The highest BCUT2D eigenvalue weighted by molar-refractivity contribution is 14.0. The highest BCUT2D eigenvalue weighted by Crippen LogP contribution is 2.10. The Bertz CT molecular complexity index is 471. The summed E-state index contributed by atoms with van der Waals surface area (Å²) in [5, 5.41) is 10.1. The lowest BCUT2D eigenvalue weighted by molar-refractivity contribution is 0.232. The lowest BCUT2D eigenvalue weighted by Gasteiger charge is -2.26. The van der Waals surface area contributed by atoms with E-state index in [9.17, 15) is 0 Å². The summed E-state index contributed by atoms with van der Waals surface area (Å²) in [6, 6.07) is 0. The molecule has 2 heterocycles. The molecule has 0 aromatic carbocycles. The van der Waals surface area contributed by atoms with Crippen molar-refractivity contribution in [3.05, 3.63) is 16.1 Å². The summed E-state index contributed by atoms with van der Waals surface area (Å²) in [6.45, 7) is 10.5. The average Bonchev–Trinajstić information content (AvgIpc) is 2.98. The molecule has 0 radical (unpaired) electrons. The number of thiazole rings is 1. The Morgan fingerprint density at radius 2 is 2.08 bits per heavy atom. The molecular weight excluding hydrogens is 433 g/mol. The standard InChI is InChI=1S/C17H31N5S.HI/c1-3-18-17(20-10-13-22-11-5-4-6-12-22)19-9-7-8-16-21-15(2)14-23-16;/h14H,3-13H2,1-2H3,(H2,18,19,20);1H. The van der Waals surface area contributed by atoms with Crippen molar-refractivity contribution in [2.24, 2.45) is 4.99 Å². The van der Waals surface area contributed by atoms with Gasteiger partial charge in [0.05, 0.1) is 5.01 Å². The van der Waals surface area contributed by atoms with Gasteiger partial charge in [0.15, 0.2) is 5.96 Å². The molecule has 0 atom stereocenters. The maximum Gasteiger partial charge on any atom is 0.191 e. The van der Waals surface area contributed by atoms with E-state index in [0.717, 1.165) is 50.7 Å². The predicted octanol–water partition coefficient (Wildman–Crippen LogP) is 3.04. The highest BCUT2D eigenvalue weighted by atomic mass is 127. The number of aryl methyl sites for hydroxylation is 2. The summed E-state index contributed by atoms with van der Waals surface area (Å²) in [5.74, 6) is 0.944. The van der Waals surface area contributed by atoms with Gasteiger partial charge >= 0.3 is 0 Å². The van der Waals surface area contributed by atoms with Crippen LogP contribution in [-0.2, 0) is 6.42 Å². The van der Waals surface area contributed by atoms with Gasteiger partial charge in [0.2, 0.25) is 0 Å². The van der Waals surface area contributed by atoms with E-state index in [-0.39, 0.29) is 24.0 Å². The van der Waals surface area contributed by atoms with Crippen LogP contribution in [0.25, 0.3) is 0 Å². The van der Waals surface area contributed by atoms with Crippen LogP contribution < -0.4 is 10.6 Å². The molecule has 138 valence electrons. The van der Waals surface area contributed by atoms with Gasteiger partial charge in [-0.1, -0.05) is 6.42 Å². The number of nitrogens with zero attached hydrogens (tertiary/aromatic N) is 3. The van der Waals surface area contributed by atoms with Crippen molar-refractivity contribution < 1.29 is 0 Å². The molecule has 0 amide bonds. The fourth-order valence-electron chi connectivity index (χ4n) is 2.80. The van der Waals surface area contributed by atoms with Gasteiger partial charge in [-0.15, -0.1) is 35.3 Å². The number of guanidine groups is 1. The normalized spacial score (nSPS) is 15.8. The molecule has 1 saturated heterocycles. The lowest BCUT2D eigenvalue weighted by atomic mass is 10.1. The van der Waals surface area contributed by atoms with Crippen LogP contribution in [0.3, 0.4) is 0 Å². The summed E-state index contributed by atoms with van der Waals surface area (Å²) < 4.78 is 0. The minimum absolute atomic E-state index is 0. The van der Waals surface area contributed by atoms with Gasteiger partial charge in [0.25, 0.3) is 0 Å². The third kappa shape index (κ3) is 8.62. The molecule has 1 aromatic heterocycles. The van der Waals surface area contributed by atoms with Crippen molar-refractivity contribution in [2.45, 2.75) is 46.0 Å². The minimum Gasteiger partial charge on any atom is -0.357 e. The Balaban J connectivity index is 0.00000288. The summed E-state index contributed by atoms with van der Waals surface area (Å²) in [5.41, 5.74) is 1.13. The summed E-state index contributed by atoms with van der Waals surface area (Å²) in [4.78, 5) is 11.7. The van der Waals surface area contributed by atoms with Gasteiger partial charge in [0, 0.05) is 43.7 Å². The Morgan fingerprint density at radius 3 is 2.75 bits per heavy atom. The Labute approximate surface area is 167 Å². The molecule has 1 aliphatic heterocycles. The number of nitrogens with one attached hydrogen (secondary N) is 2. The van der Waals surface area contributed by atoms with Crippen molar-refractivity contribution in [1.29, 1.82) is 0 Å². The zero-order valence-electron chi connectivity index (χ0n) is 15.0. The topological polar surface area (TPSA) is 52.6 Å². The van der Waals surface area contributed by atoms with E-state index >= 15 is 0 Å². The number of piperidine rings is 1. The van der Waals surface area contributed by atoms with E-state index in [4.69, 9.17) is 0 Å². The van der Waals surface area contributed by atoms with E-state index < -0.39 is 0 Å². The average molecular weight is 465 g/mol. The molecule has 2 rings (SSSR count). The number of hydrogen-bond donors (Lipinski definition) is 2. The van der Waals surface area contributed by atoms with Crippen LogP contribution in [0, 0.1) is 6.92 Å². The maximum absolute atomic E-state index is 4.67. The molecule has 7 heteroatoms. The second kappa shape index (κ2) is 12.9.